The van der Waals surface area contributed by atoms with Crippen molar-refractivity contribution in [3.8, 4) is 11.1 Å². The number of amides is 1. The van der Waals surface area contributed by atoms with Crippen molar-refractivity contribution in [2.75, 3.05) is 0 Å². The fourth-order valence-electron chi connectivity index (χ4n) is 3.99. The first-order valence-corrected chi connectivity index (χ1v) is 9.98. The Labute approximate surface area is 171 Å². The lowest BCUT2D eigenvalue weighted by Crippen LogP contribution is -2.20. The molecule has 0 spiro atoms. The first-order valence-electron chi connectivity index (χ1n) is 9.18. The predicted octanol–water partition coefficient (Wildman–Crippen LogP) is 5.81. The fourth-order valence-corrected chi connectivity index (χ4v) is 4.26. The number of nitrogens with zero attached hydrogens (tertiary/aromatic N) is 1. The van der Waals surface area contributed by atoms with Crippen molar-refractivity contribution in [1.29, 1.82) is 0 Å². The van der Waals surface area contributed by atoms with Crippen molar-refractivity contribution in [1.82, 2.24) is 10.3 Å². The molecule has 1 aliphatic heterocycles. The van der Waals surface area contributed by atoms with Gasteiger partial charge in [0.15, 0.2) is 0 Å². The number of fused-ring (bicyclic) bond motifs is 2. The molecule has 1 N–H and O–H groups in total. The average Bonchev–Trinajstić information content (AvgIpc) is 3.04. The molecule has 2 heterocycles. The van der Waals surface area contributed by atoms with Crippen LogP contribution in [0.25, 0.3) is 22.0 Å². The summed E-state index contributed by atoms with van der Waals surface area (Å²) in [6.45, 7) is 2.04. The quantitative estimate of drug-likeness (QED) is 0.437. The number of rotatable bonds is 2. The Kier molecular flexibility index (Phi) is 4.02. The molecule has 1 atom stereocenters. The van der Waals surface area contributed by atoms with Crippen molar-refractivity contribution < 1.29 is 4.79 Å². The van der Waals surface area contributed by atoms with E-state index in [2.05, 4.69) is 45.5 Å². The largest absolute Gasteiger partial charge is 0.340 e. The van der Waals surface area contributed by atoms with Crippen LogP contribution in [0, 0.1) is 6.92 Å². The molecule has 3 aromatic carbocycles. The third-order valence-corrected chi connectivity index (χ3v) is 5.83. The highest BCUT2D eigenvalue weighted by molar-refractivity contribution is 9.10. The molecular formula is C24H17BrN2O. The van der Waals surface area contributed by atoms with Crippen LogP contribution in [-0.2, 0) is 0 Å². The van der Waals surface area contributed by atoms with Crippen molar-refractivity contribution >= 4 is 32.7 Å². The number of benzene rings is 3. The van der Waals surface area contributed by atoms with Gasteiger partial charge in [-0.05, 0) is 41.3 Å². The second-order valence-corrected chi connectivity index (χ2v) is 7.96. The summed E-state index contributed by atoms with van der Waals surface area (Å²) >= 11 is 3.49. The lowest BCUT2D eigenvalue weighted by atomic mass is 9.89. The van der Waals surface area contributed by atoms with E-state index in [1.807, 2.05) is 55.5 Å². The molecular weight excluding hydrogens is 412 g/mol. The van der Waals surface area contributed by atoms with Gasteiger partial charge < -0.3 is 5.32 Å². The molecule has 0 saturated heterocycles. The van der Waals surface area contributed by atoms with Gasteiger partial charge in [-0.1, -0.05) is 76.6 Å². The molecule has 4 aromatic rings. The average molecular weight is 429 g/mol. The van der Waals surface area contributed by atoms with Gasteiger partial charge in [0.05, 0.1) is 11.6 Å². The van der Waals surface area contributed by atoms with Crippen LogP contribution < -0.4 is 5.32 Å². The highest BCUT2D eigenvalue weighted by Crippen LogP contribution is 2.42. The zero-order valence-corrected chi connectivity index (χ0v) is 16.8. The summed E-state index contributed by atoms with van der Waals surface area (Å²) in [6.07, 6.45) is 0. The molecule has 3 nitrogen and oxygen atoms in total. The number of carbonyl (C=O) groups is 1. The highest BCUT2D eigenvalue weighted by atomic mass is 79.9. The molecule has 1 aromatic heterocycles. The smallest absolute Gasteiger partial charge is 0.271 e. The summed E-state index contributed by atoms with van der Waals surface area (Å²) in [7, 11) is 0. The van der Waals surface area contributed by atoms with Gasteiger partial charge >= 0.3 is 0 Å². The topological polar surface area (TPSA) is 42.0 Å². The van der Waals surface area contributed by atoms with Crippen LogP contribution in [0.3, 0.4) is 0 Å². The van der Waals surface area contributed by atoms with E-state index in [0.29, 0.717) is 5.69 Å². The Balaban J connectivity index is 1.88. The first kappa shape index (κ1) is 17.1. The molecule has 4 heteroatoms. The van der Waals surface area contributed by atoms with Crippen LogP contribution in [0.2, 0.25) is 0 Å². The van der Waals surface area contributed by atoms with Gasteiger partial charge in [-0.3, -0.25) is 4.79 Å². The predicted molar refractivity (Wildman–Crippen MR) is 115 cm³/mol. The van der Waals surface area contributed by atoms with Gasteiger partial charge in [-0.15, -0.1) is 0 Å². The van der Waals surface area contributed by atoms with Gasteiger partial charge in [-0.25, -0.2) is 4.98 Å². The standard InChI is InChI=1S/C24H17BrN2O/c1-14-6-5-9-18-19(15-7-3-2-4-8-15)20-22(16-10-12-17(25)13-11-16)27-24(28)23(20)26-21(14)18/h2-13,22H,1H3,(H,27,28)/t22-/m1/s1. The number of hydrogen-bond donors (Lipinski definition) is 1. The summed E-state index contributed by atoms with van der Waals surface area (Å²) in [4.78, 5) is 17.7. The maximum Gasteiger partial charge on any atom is 0.271 e. The van der Waals surface area contributed by atoms with Gasteiger partial charge in [0.1, 0.15) is 5.69 Å². The molecule has 0 saturated carbocycles. The Morgan fingerprint density at radius 3 is 2.43 bits per heavy atom. The SMILES string of the molecule is Cc1cccc2c(-c3ccccc3)c3c(nc12)C(=O)N[C@@H]3c1ccc(Br)cc1. The summed E-state index contributed by atoms with van der Waals surface area (Å²) in [5.74, 6) is -0.120. The minimum Gasteiger partial charge on any atom is -0.340 e. The maximum absolute atomic E-state index is 12.9. The normalized spacial score (nSPS) is 15.5. The van der Waals surface area contributed by atoms with E-state index < -0.39 is 0 Å². The third kappa shape index (κ3) is 2.64. The zero-order valence-electron chi connectivity index (χ0n) is 15.2. The van der Waals surface area contributed by atoms with Crippen LogP contribution in [0.4, 0.5) is 0 Å². The fraction of sp³-hybridized carbons (Fsp3) is 0.0833. The molecule has 0 aliphatic carbocycles. The number of hydrogen-bond acceptors (Lipinski definition) is 2. The molecule has 5 rings (SSSR count). The summed E-state index contributed by atoms with van der Waals surface area (Å²) in [6, 6.07) is 24.3. The summed E-state index contributed by atoms with van der Waals surface area (Å²) in [5.41, 5.74) is 6.64. The van der Waals surface area contributed by atoms with Gasteiger partial charge in [-0.2, -0.15) is 0 Å². The van der Waals surface area contributed by atoms with Crippen LogP contribution in [0.5, 0.6) is 0 Å². The molecule has 0 radical (unpaired) electrons. The number of carbonyl (C=O) groups excluding carboxylic acids is 1. The van der Waals surface area contributed by atoms with E-state index in [1.165, 1.54) is 0 Å². The summed E-state index contributed by atoms with van der Waals surface area (Å²) in [5, 5.41) is 4.22. The van der Waals surface area contributed by atoms with Crippen LogP contribution >= 0.6 is 15.9 Å². The van der Waals surface area contributed by atoms with E-state index in [1.54, 1.807) is 0 Å². The van der Waals surface area contributed by atoms with Crippen LogP contribution in [-0.4, -0.2) is 10.9 Å². The van der Waals surface area contributed by atoms with Crippen LogP contribution in [0.1, 0.15) is 33.2 Å². The monoisotopic (exact) mass is 428 g/mol. The van der Waals surface area contributed by atoms with Gasteiger partial charge in [0.25, 0.3) is 5.91 Å². The lowest BCUT2D eigenvalue weighted by molar-refractivity contribution is 0.0956. The first-order chi connectivity index (χ1) is 13.6. The minimum atomic E-state index is -0.219. The van der Waals surface area contributed by atoms with E-state index in [9.17, 15) is 4.79 Å². The summed E-state index contributed by atoms with van der Waals surface area (Å²) < 4.78 is 1.01. The zero-order chi connectivity index (χ0) is 19.3. The molecule has 1 amide bonds. The van der Waals surface area contributed by atoms with Crippen molar-refractivity contribution in [3.05, 3.63) is 99.7 Å². The van der Waals surface area contributed by atoms with E-state index in [0.717, 1.165) is 43.2 Å². The Hall–Kier alpha value is -2.98. The Morgan fingerprint density at radius 1 is 0.929 bits per heavy atom. The molecule has 136 valence electrons. The van der Waals surface area contributed by atoms with Gasteiger partial charge in [0.2, 0.25) is 0 Å². The molecule has 0 fully saturated rings. The maximum atomic E-state index is 12.9. The van der Waals surface area contributed by atoms with Crippen LogP contribution in [0.15, 0.2) is 77.3 Å². The van der Waals surface area contributed by atoms with E-state index in [4.69, 9.17) is 4.98 Å². The number of aryl methyl sites for hydroxylation is 1. The van der Waals surface area contributed by atoms with Gasteiger partial charge in [0, 0.05) is 15.4 Å². The Morgan fingerprint density at radius 2 is 1.68 bits per heavy atom. The number of aromatic nitrogens is 1. The second kappa shape index (κ2) is 6.57. The number of nitrogens with one attached hydrogen (secondary N) is 1. The van der Waals surface area contributed by atoms with Crippen molar-refractivity contribution in [3.63, 3.8) is 0 Å². The lowest BCUT2D eigenvalue weighted by Gasteiger charge is -2.18. The minimum absolute atomic E-state index is 0.120. The third-order valence-electron chi connectivity index (χ3n) is 5.30. The second-order valence-electron chi connectivity index (χ2n) is 7.04. The molecule has 0 unspecified atom stereocenters. The van der Waals surface area contributed by atoms with Crippen molar-refractivity contribution in [2.24, 2.45) is 0 Å². The van der Waals surface area contributed by atoms with E-state index >= 15 is 0 Å². The number of para-hydroxylation sites is 1. The van der Waals surface area contributed by atoms with E-state index in [-0.39, 0.29) is 11.9 Å². The molecule has 0 bridgehead atoms. The molecule has 28 heavy (non-hydrogen) atoms. The number of pyridine rings is 1. The molecule has 1 aliphatic rings. The van der Waals surface area contributed by atoms with Crippen molar-refractivity contribution in [2.45, 2.75) is 13.0 Å². The Bertz CT molecular complexity index is 1220. The highest BCUT2D eigenvalue weighted by Gasteiger charge is 2.35. The number of halogens is 1.